The van der Waals surface area contributed by atoms with Crippen LogP contribution in [0.25, 0.3) is 0 Å². The first kappa shape index (κ1) is 17.2. The molecule has 6 heteroatoms. The van der Waals surface area contributed by atoms with Gasteiger partial charge in [-0.2, -0.15) is 0 Å². The third kappa shape index (κ3) is 4.31. The van der Waals surface area contributed by atoms with Gasteiger partial charge in [-0.3, -0.25) is 4.79 Å². The maximum absolute atomic E-state index is 12.2. The summed E-state index contributed by atoms with van der Waals surface area (Å²) in [6, 6.07) is -0.852. The Morgan fingerprint density at radius 1 is 1.33 bits per heavy atom. The van der Waals surface area contributed by atoms with Gasteiger partial charge in [-0.25, -0.2) is 4.79 Å². The van der Waals surface area contributed by atoms with Crippen molar-refractivity contribution in [1.82, 2.24) is 10.5 Å². The zero-order valence-corrected chi connectivity index (χ0v) is 13.3. The van der Waals surface area contributed by atoms with Crippen LogP contribution in [0.4, 0.5) is 0 Å². The number of hydrogen-bond donors (Lipinski definition) is 2. The van der Waals surface area contributed by atoms with Gasteiger partial charge in [-0.05, 0) is 26.2 Å². The lowest BCUT2D eigenvalue weighted by molar-refractivity contribution is -0.143. The normalized spacial score (nSPS) is 15.3. The summed E-state index contributed by atoms with van der Waals surface area (Å²) < 4.78 is 5.08. The van der Waals surface area contributed by atoms with Crippen LogP contribution in [0.15, 0.2) is 4.52 Å². The van der Waals surface area contributed by atoms with E-state index in [1.54, 1.807) is 13.8 Å². The Balaban J connectivity index is 2.72. The summed E-state index contributed by atoms with van der Waals surface area (Å²) in [5.74, 6) is -1.01. The summed E-state index contributed by atoms with van der Waals surface area (Å²) in [4.78, 5) is 23.4. The molecule has 0 saturated heterocycles. The molecule has 0 bridgehead atoms. The monoisotopic (exact) mass is 296 g/mol. The molecule has 1 amide bonds. The number of aromatic nitrogens is 1. The van der Waals surface area contributed by atoms with Gasteiger partial charge < -0.3 is 14.9 Å². The molecule has 21 heavy (non-hydrogen) atoms. The Kier molecular flexibility index (Phi) is 5.93. The largest absolute Gasteiger partial charge is 0.480 e. The molecule has 3 atom stereocenters. The van der Waals surface area contributed by atoms with Crippen molar-refractivity contribution in [3.8, 4) is 0 Å². The van der Waals surface area contributed by atoms with E-state index < -0.39 is 12.0 Å². The standard InChI is InChI=1S/C15H24N2O4/c1-6-8(2)13(15(19)20)16-14(18)9(3)7-12-10(4)17-21-11(12)5/h8-9,13H,6-7H2,1-5H3,(H,16,18)(H,19,20)/t8-,9-,13-/m0/s1. The van der Waals surface area contributed by atoms with Crippen molar-refractivity contribution >= 4 is 11.9 Å². The molecule has 0 radical (unpaired) electrons. The van der Waals surface area contributed by atoms with E-state index in [4.69, 9.17) is 4.52 Å². The molecule has 0 aliphatic carbocycles. The number of hydrogen-bond acceptors (Lipinski definition) is 4. The van der Waals surface area contributed by atoms with Gasteiger partial charge in [0, 0.05) is 11.5 Å². The minimum Gasteiger partial charge on any atom is -0.480 e. The molecule has 0 spiro atoms. The number of amides is 1. The van der Waals surface area contributed by atoms with E-state index in [1.807, 2.05) is 20.8 Å². The third-order valence-electron chi connectivity index (χ3n) is 3.92. The average molecular weight is 296 g/mol. The lowest BCUT2D eigenvalue weighted by Crippen LogP contribution is -2.47. The first-order valence-corrected chi connectivity index (χ1v) is 7.22. The quantitative estimate of drug-likeness (QED) is 0.803. The Labute approximate surface area is 124 Å². The maximum Gasteiger partial charge on any atom is 0.326 e. The molecule has 6 nitrogen and oxygen atoms in total. The van der Waals surface area contributed by atoms with E-state index in [2.05, 4.69) is 10.5 Å². The highest BCUT2D eigenvalue weighted by Gasteiger charge is 2.28. The average Bonchev–Trinajstić information content (AvgIpc) is 2.74. The summed E-state index contributed by atoms with van der Waals surface area (Å²) in [5, 5.41) is 15.7. The summed E-state index contributed by atoms with van der Waals surface area (Å²) in [6.07, 6.45) is 1.18. The lowest BCUT2D eigenvalue weighted by Gasteiger charge is -2.22. The highest BCUT2D eigenvalue weighted by Crippen LogP contribution is 2.18. The molecule has 0 aromatic carbocycles. The van der Waals surface area contributed by atoms with E-state index in [0.717, 1.165) is 11.3 Å². The summed E-state index contributed by atoms with van der Waals surface area (Å²) >= 11 is 0. The van der Waals surface area contributed by atoms with E-state index in [-0.39, 0.29) is 17.7 Å². The Morgan fingerprint density at radius 2 is 1.95 bits per heavy atom. The molecule has 2 N–H and O–H groups in total. The van der Waals surface area contributed by atoms with Crippen LogP contribution in [0.1, 0.15) is 44.2 Å². The molecule has 0 unspecified atom stereocenters. The second-order valence-electron chi connectivity index (χ2n) is 5.62. The molecule has 1 heterocycles. The molecule has 118 valence electrons. The highest BCUT2D eigenvalue weighted by molar-refractivity contribution is 5.85. The number of carbonyl (C=O) groups excluding carboxylic acids is 1. The number of nitrogens with zero attached hydrogens (tertiary/aromatic N) is 1. The van der Waals surface area contributed by atoms with Crippen LogP contribution in [-0.4, -0.2) is 28.2 Å². The van der Waals surface area contributed by atoms with E-state index >= 15 is 0 Å². The van der Waals surface area contributed by atoms with Crippen LogP contribution in [-0.2, 0) is 16.0 Å². The predicted octanol–water partition coefficient (Wildman–Crippen LogP) is 2.09. The third-order valence-corrected chi connectivity index (χ3v) is 3.92. The van der Waals surface area contributed by atoms with Gasteiger partial charge in [0.1, 0.15) is 11.8 Å². The predicted molar refractivity (Wildman–Crippen MR) is 77.9 cm³/mol. The van der Waals surface area contributed by atoms with Crippen molar-refractivity contribution in [2.24, 2.45) is 11.8 Å². The molecule has 0 fully saturated rings. The number of aryl methyl sites for hydroxylation is 2. The minimum atomic E-state index is -0.998. The number of rotatable bonds is 7. The zero-order chi connectivity index (χ0) is 16.2. The van der Waals surface area contributed by atoms with Crippen molar-refractivity contribution < 1.29 is 19.2 Å². The highest BCUT2D eigenvalue weighted by atomic mass is 16.5. The van der Waals surface area contributed by atoms with Gasteiger partial charge in [0.05, 0.1) is 5.69 Å². The fraction of sp³-hybridized carbons (Fsp3) is 0.667. The molecule has 0 aliphatic heterocycles. The van der Waals surface area contributed by atoms with Crippen LogP contribution in [0.5, 0.6) is 0 Å². The first-order chi connectivity index (χ1) is 9.77. The SMILES string of the molecule is CC[C@H](C)[C@H](NC(=O)[C@@H](C)Cc1c(C)noc1C)C(=O)O. The van der Waals surface area contributed by atoms with Crippen LogP contribution < -0.4 is 5.32 Å². The van der Waals surface area contributed by atoms with Gasteiger partial charge in [-0.1, -0.05) is 32.3 Å². The molecule has 1 aromatic rings. The number of carboxylic acid groups (broad SMARTS) is 1. The summed E-state index contributed by atoms with van der Waals surface area (Å²) in [5.41, 5.74) is 1.68. The van der Waals surface area contributed by atoms with Gasteiger partial charge in [-0.15, -0.1) is 0 Å². The molecular weight excluding hydrogens is 272 g/mol. The summed E-state index contributed by atoms with van der Waals surface area (Å²) in [6.45, 7) is 9.13. The van der Waals surface area contributed by atoms with E-state index in [1.165, 1.54) is 0 Å². The van der Waals surface area contributed by atoms with E-state index in [9.17, 15) is 14.7 Å². The molecule has 0 saturated carbocycles. The van der Waals surface area contributed by atoms with Crippen molar-refractivity contribution in [1.29, 1.82) is 0 Å². The maximum atomic E-state index is 12.2. The number of carboxylic acids is 1. The van der Waals surface area contributed by atoms with Crippen LogP contribution in [0, 0.1) is 25.7 Å². The lowest BCUT2D eigenvalue weighted by atomic mass is 9.96. The van der Waals surface area contributed by atoms with Crippen molar-refractivity contribution in [3.05, 3.63) is 17.0 Å². The Morgan fingerprint density at radius 3 is 2.38 bits per heavy atom. The smallest absolute Gasteiger partial charge is 0.326 e. The van der Waals surface area contributed by atoms with Crippen molar-refractivity contribution in [3.63, 3.8) is 0 Å². The van der Waals surface area contributed by atoms with Crippen LogP contribution in [0.2, 0.25) is 0 Å². The van der Waals surface area contributed by atoms with Gasteiger partial charge in [0.2, 0.25) is 5.91 Å². The summed E-state index contributed by atoms with van der Waals surface area (Å²) in [7, 11) is 0. The molecule has 1 aromatic heterocycles. The second kappa shape index (κ2) is 7.24. The molecule has 1 rings (SSSR count). The number of nitrogens with one attached hydrogen (secondary N) is 1. The topological polar surface area (TPSA) is 92.4 Å². The molecule has 0 aliphatic rings. The van der Waals surface area contributed by atoms with Crippen LogP contribution >= 0.6 is 0 Å². The first-order valence-electron chi connectivity index (χ1n) is 7.22. The second-order valence-corrected chi connectivity index (χ2v) is 5.62. The Bertz CT molecular complexity index is 490. The van der Waals surface area contributed by atoms with Crippen molar-refractivity contribution in [2.75, 3.05) is 0 Å². The van der Waals surface area contributed by atoms with Crippen molar-refractivity contribution in [2.45, 2.75) is 53.5 Å². The minimum absolute atomic E-state index is 0.113. The number of aliphatic carboxylic acids is 1. The fourth-order valence-electron chi connectivity index (χ4n) is 2.17. The van der Waals surface area contributed by atoms with Gasteiger partial charge >= 0.3 is 5.97 Å². The Hall–Kier alpha value is -1.85. The van der Waals surface area contributed by atoms with Gasteiger partial charge in [0.15, 0.2) is 0 Å². The zero-order valence-electron chi connectivity index (χ0n) is 13.3. The van der Waals surface area contributed by atoms with E-state index in [0.29, 0.717) is 18.6 Å². The van der Waals surface area contributed by atoms with Gasteiger partial charge in [0.25, 0.3) is 0 Å². The fourth-order valence-corrected chi connectivity index (χ4v) is 2.17. The number of carbonyl (C=O) groups is 2. The molecular formula is C15H24N2O4. The van der Waals surface area contributed by atoms with Crippen LogP contribution in [0.3, 0.4) is 0 Å².